The van der Waals surface area contributed by atoms with Crippen molar-refractivity contribution < 1.29 is 12.8 Å². The van der Waals surface area contributed by atoms with E-state index < -0.39 is 20.7 Å². The van der Waals surface area contributed by atoms with E-state index in [0.717, 1.165) is 24.6 Å². The number of sulfonamides is 1. The summed E-state index contributed by atoms with van der Waals surface area (Å²) in [6, 6.07) is 6.86. The number of benzene rings is 1. The summed E-state index contributed by atoms with van der Waals surface area (Å²) in [6.07, 6.45) is 2.00. The first-order chi connectivity index (χ1) is 9.94. The number of hydrogen-bond donors (Lipinski definition) is 2. The predicted octanol–water partition coefficient (Wildman–Crippen LogP) is 3.25. The van der Waals surface area contributed by atoms with E-state index in [0.29, 0.717) is 0 Å². The van der Waals surface area contributed by atoms with E-state index in [1.165, 1.54) is 18.2 Å². The zero-order chi connectivity index (χ0) is 15.5. The van der Waals surface area contributed by atoms with Crippen LogP contribution in [0.15, 0.2) is 35.2 Å². The van der Waals surface area contributed by atoms with Crippen LogP contribution in [0.3, 0.4) is 0 Å². The van der Waals surface area contributed by atoms with Crippen LogP contribution in [0.1, 0.15) is 38.3 Å². The van der Waals surface area contributed by atoms with E-state index in [9.17, 15) is 12.8 Å². The van der Waals surface area contributed by atoms with Crippen LogP contribution in [-0.4, -0.2) is 18.6 Å². The van der Waals surface area contributed by atoms with Gasteiger partial charge in [0.2, 0.25) is 0 Å². The van der Waals surface area contributed by atoms with Crippen molar-refractivity contribution in [1.29, 1.82) is 0 Å². The highest BCUT2D eigenvalue weighted by Gasteiger charge is 2.20. The maximum Gasteiger partial charge on any atom is 0.266 e. The molecular formula is C14H18FN3O2S. The molecular weight excluding hydrogens is 293 g/mol. The van der Waals surface area contributed by atoms with Crippen molar-refractivity contribution in [3.05, 3.63) is 41.8 Å². The van der Waals surface area contributed by atoms with Crippen molar-refractivity contribution in [3.8, 4) is 0 Å². The summed E-state index contributed by atoms with van der Waals surface area (Å²) in [5.41, 5.74) is 0.850. The van der Waals surface area contributed by atoms with E-state index in [2.05, 4.69) is 21.8 Å². The number of rotatable bonds is 6. The number of nitrogens with one attached hydrogen (secondary N) is 2. The number of H-pyrrole nitrogens is 1. The van der Waals surface area contributed by atoms with Crippen molar-refractivity contribution in [2.45, 2.75) is 37.5 Å². The molecule has 0 aliphatic carbocycles. The van der Waals surface area contributed by atoms with Gasteiger partial charge < -0.3 is 0 Å². The molecule has 5 nitrogen and oxygen atoms in total. The zero-order valence-electron chi connectivity index (χ0n) is 11.9. The molecule has 1 atom stereocenters. The molecule has 0 bridgehead atoms. The van der Waals surface area contributed by atoms with Crippen LogP contribution in [0.2, 0.25) is 0 Å². The molecule has 1 unspecified atom stereocenters. The van der Waals surface area contributed by atoms with Crippen molar-refractivity contribution in [1.82, 2.24) is 10.2 Å². The molecule has 1 aromatic carbocycles. The Morgan fingerprint density at radius 2 is 2.10 bits per heavy atom. The second-order valence-electron chi connectivity index (χ2n) is 4.93. The molecule has 1 aromatic heterocycles. The van der Waals surface area contributed by atoms with Gasteiger partial charge >= 0.3 is 0 Å². The quantitative estimate of drug-likeness (QED) is 0.860. The topological polar surface area (TPSA) is 74.8 Å². The molecule has 1 heterocycles. The summed E-state index contributed by atoms with van der Waals surface area (Å²) in [4.78, 5) is -0.392. The van der Waals surface area contributed by atoms with Gasteiger partial charge in [-0.15, -0.1) is 0 Å². The summed E-state index contributed by atoms with van der Waals surface area (Å²) in [6.45, 7) is 4.11. The van der Waals surface area contributed by atoms with Gasteiger partial charge in [0.1, 0.15) is 10.7 Å². The summed E-state index contributed by atoms with van der Waals surface area (Å²) in [5.74, 6) is -0.370. The Hall–Kier alpha value is -1.89. The molecule has 21 heavy (non-hydrogen) atoms. The molecule has 0 saturated carbocycles. The van der Waals surface area contributed by atoms with Crippen LogP contribution in [0.25, 0.3) is 0 Å². The zero-order valence-corrected chi connectivity index (χ0v) is 12.7. The van der Waals surface area contributed by atoms with Gasteiger partial charge in [-0.05, 0) is 24.5 Å². The van der Waals surface area contributed by atoms with E-state index in [-0.39, 0.29) is 11.7 Å². The van der Waals surface area contributed by atoms with Crippen molar-refractivity contribution in [2.24, 2.45) is 0 Å². The molecule has 7 heteroatoms. The Morgan fingerprint density at radius 1 is 1.38 bits per heavy atom. The molecule has 0 aliphatic heterocycles. The number of anilines is 1. The fraction of sp³-hybridized carbons (Fsp3) is 0.357. The number of halogens is 1. The molecule has 0 spiro atoms. The van der Waals surface area contributed by atoms with Gasteiger partial charge in [0.25, 0.3) is 10.0 Å². The van der Waals surface area contributed by atoms with Crippen LogP contribution in [-0.2, 0) is 10.0 Å². The van der Waals surface area contributed by atoms with Crippen LogP contribution in [0.5, 0.6) is 0 Å². The molecule has 0 aliphatic rings. The molecule has 0 fully saturated rings. The lowest BCUT2D eigenvalue weighted by molar-refractivity contribution is 0.570. The van der Waals surface area contributed by atoms with Crippen molar-refractivity contribution >= 4 is 15.8 Å². The first-order valence-corrected chi connectivity index (χ1v) is 8.25. The number of aromatic nitrogens is 2. The molecule has 2 aromatic rings. The smallest absolute Gasteiger partial charge is 0.266 e. The lowest BCUT2D eigenvalue weighted by atomic mass is 10.0. The predicted molar refractivity (Wildman–Crippen MR) is 79.1 cm³/mol. The van der Waals surface area contributed by atoms with E-state index in [1.807, 2.05) is 6.92 Å². The Bertz CT molecular complexity index is 713. The Balaban J connectivity index is 2.20. The minimum Gasteiger partial charge on any atom is -0.280 e. The standard InChI is InChI=1S/C14H18FN3O2S/c1-3-6-10(2)12-9-14(17-16-12)18-21(19,20)13-8-5-4-7-11(13)15/h4-5,7-10H,3,6H2,1-2H3,(H2,16,17,18). The number of nitrogens with zero attached hydrogens (tertiary/aromatic N) is 1. The van der Waals surface area contributed by atoms with Gasteiger partial charge in [-0.1, -0.05) is 32.4 Å². The van der Waals surface area contributed by atoms with Gasteiger partial charge in [-0.2, -0.15) is 5.10 Å². The molecule has 114 valence electrons. The molecule has 0 saturated heterocycles. The maximum atomic E-state index is 13.6. The maximum absolute atomic E-state index is 13.6. The largest absolute Gasteiger partial charge is 0.280 e. The lowest BCUT2D eigenvalue weighted by Crippen LogP contribution is -2.14. The van der Waals surface area contributed by atoms with Gasteiger partial charge in [-0.25, -0.2) is 12.8 Å². The monoisotopic (exact) mass is 311 g/mol. The third-order valence-electron chi connectivity index (χ3n) is 3.22. The lowest BCUT2D eigenvalue weighted by Gasteiger charge is -2.06. The molecule has 0 radical (unpaired) electrons. The second-order valence-corrected chi connectivity index (χ2v) is 6.58. The van der Waals surface area contributed by atoms with Crippen LogP contribution in [0.4, 0.5) is 10.2 Å². The van der Waals surface area contributed by atoms with Crippen molar-refractivity contribution in [3.63, 3.8) is 0 Å². The third-order valence-corrected chi connectivity index (χ3v) is 4.60. The summed E-state index contributed by atoms with van der Waals surface area (Å²) >= 11 is 0. The molecule has 2 N–H and O–H groups in total. The fourth-order valence-electron chi connectivity index (χ4n) is 2.09. The highest BCUT2D eigenvalue weighted by atomic mass is 32.2. The molecule has 2 rings (SSSR count). The first kappa shape index (κ1) is 15.5. The Morgan fingerprint density at radius 3 is 2.76 bits per heavy atom. The van der Waals surface area contributed by atoms with Gasteiger partial charge in [0.15, 0.2) is 5.82 Å². The fourth-order valence-corrected chi connectivity index (χ4v) is 3.16. The number of aromatic amines is 1. The Kier molecular flexibility index (Phi) is 4.62. The SMILES string of the molecule is CCCC(C)c1cc(NS(=O)(=O)c2ccccc2F)n[nH]1. The average molecular weight is 311 g/mol. The van der Waals surface area contributed by atoms with Crippen LogP contribution < -0.4 is 4.72 Å². The minimum absolute atomic E-state index is 0.163. The van der Waals surface area contributed by atoms with E-state index in [1.54, 1.807) is 6.07 Å². The second kappa shape index (κ2) is 6.26. The highest BCUT2D eigenvalue weighted by Crippen LogP contribution is 2.22. The minimum atomic E-state index is -3.98. The van der Waals surface area contributed by atoms with Crippen LogP contribution in [0, 0.1) is 5.82 Å². The van der Waals surface area contributed by atoms with E-state index >= 15 is 0 Å². The normalized spacial score (nSPS) is 13.1. The Labute approximate surface area is 123 Å². The summed E-state index contributed by atoms with van der Waals surface area (Å²) < 4.78 is 40.1. The third kappa shape index (κ3) is 3.60. The van der Waals surface area contributed by atoms with Crippen LogP contribution >= 0.6 is 0 Å². The summed E-state index contributed by atoms with van der Waals surface area (Å²) in [7, 11) is -3.98. The average Bonchev–Trinajstić information content (AvgIpc) is 2.87. The first-order valence-electron chi connectivity index (χ1n) is 6.76. The van der Waals surface area contributed by atoms with Gasteiger partial charge in [0, 0.05) is 11.8 Å². The van der Waals surface area contributed by atoms with E-state index in [4.69, 9.17) is 0 Å². The van der Waals surface area contributed by atoms with Gasteiger partial charge in [0.05, 0.1) is 0 Å². The molecule has 0 amide bonds. The van der Waals surface area contributed by atoms with Gasteiger partial charge in [-0.3, -0.25) is 9.82 Å². The number of hydrogen-bond acceptors (Lipinski definition) is 3. The van der Waals surface area contributed by atoms with Crippen molar-refractivity contribution in [2.75, 3.05) is 4.72 Å². The highest BCUT2D eigenvalue weighted by molar-refractivity contribution is 7.92. The summed E-state index contributed by atoms with van der Waals surface area (Å²) in [5, 5.41) is 6.73.